The molecule has 0 aromatic rings. The highest BCUT2D eigenvalue weighted by atomic mass is 16.3. The second-order valence-corrected chi connectivity index (χ2v) is 5.08. The van der Waals surface area contributed by atoms with E-state index in [1.165, 1.54) is 12.8 Å². The highest BCUT2D eigenvalue weighted by Gasteiger charge is 2.25. The van der Waals surface area contributed by atoms with E-state index in [-0.39, 0.29) is 24.6 Å². The molecule has 0 aromatic carbocycles. The fraction of sp³-hybridized carbons (Fsp3) is 0.917. The molecule has 1 aliphatic rings. The normalized spacial score (nSPS) is 28.5. The van der Waals surface area contributed by atoms with E-state index >= 15 is 0 Å². The van der Waals surface area contributed by atoms with E-state index in [1.807, 2.05) is 13.8 Å². The van der Waals surface area contributed by atoms with Gasteiger partial charge in [-0.3, -0.25) is 0 Å². The Morgan fingerprint density at radius 1 is 1.44 bits per heavy atom. The van der Waals surface area contributed by atoms with Gasteiger partial charge in [-0.25, -0.2) is 4.79 Å². The van der Waals surface area contributed by atoms with E-state index in [9.17, 15) is 4.79 Å². The second kappa shape index (κ2) is 6.09. The van der Waals surface area contributed by atoms with Crippen molar-refractivity contribution in [2.24, 2.45) is 11.8 Å². The lowest BCUT2D eigenvalue weighted by Crippen LogP contribution is -2.48. The van der Waals surface area contributed by atoms with Crippen molar-refractivity contribution in [2.75, 3.05) is 6.61 Å². The number of hydrogen-bond acceptors (Lipinski definition) is 2. The van der Waals surface area contributed by atoms with Crippen molar-refractivity contribution >= 4 is 6.03 Å². The van der Waals surface area contributed by atoms with Crippen LogP contribution in [0.5, 0.6) is 0 Å². The van der Waals surface area contributed by atoms with Gasteiger partial charge < -0.3 is 15.7 Å². The van der Waals surface area contributed by atoms with Gasteiger partial charge in [0.25, 0.3) is 0 Å². The third-order valence-corrected chi connectivity index (χ3v) is 3.68. The molecule has 0 spiro atoms. The quantitative estimate of drug-likeness (QED) is 0.682. The Balaban J connectivity index is 2.30. The fourth-order valence-corrected chi connectivity index (χ4v) is 2.08. The summed E-state index contributed by atoms with van der Waals surface area (Å²) < 4.78 is 0. The summed E-state index contributed by atoms with van der Waals surface area (Å²) in [7, 11) is 0. The van der Waals surface area contributed by atoms with Gasteiger partial charge in [-0.1, -0.05) is 20.3 Å². The molecule has 0 radical (unpaired) electrons. The standard InChI is InChI=1S/C12H24N2O2/c1-8-5-4-6-11(8)14-12(16)13-10(3)9(2)7-15/h8-11,15H,4-7H2,1-3H3,(H2,13,14,16). The third-order valence-electron chi connectivity index (χ3n) is 3.68. The average Bonchev–Trinajstić information content (AvgIpc) is 2.63. The molecule has 94 valence electrons. The zero-order valence-corrected chi connectivity index (χ0v) is 10.5. The first kappa shape index (κ1) is 13.3. The summed E-state index contributed by atoms with van der Waals surface area (Å²) >= 11 is 0. The van der Waals surface area contributed by atoms with Crippen LogP contribution < -0.4 is 10.6 Å². The van der Waals surface area contributed by atoms with Gasteiger partial charge in [-0.05, 0) is 31.6 Å². The van der Waals surface area contributed by atoms with Gasteiger partial charge in [0.2, 0.25) is 0 Å². The molecule has 16 heavy (non-hydrogen) atoms. The van der Waals surface area contributed by atoms with E-state index in [0.29, 0.717) is 12.0 Å². The van der Waals surface area contributed by atoms with Gasteiger partial charge >= 0.3 is 6.03 Å². The number of urea groups is 1. The Hall–Kier alpha value is -0.770. The number of carbonyl (C=O) groups is 1. The molecule has 0 heterocycles. The maximum absolute atomic E-state index is 11.7. The number of aliphatic hydroxyl groups is 1. The number of aliphatic hydroxyl groups excluding tert-OH is 1. The smallest absolute Gasteiger partial charge is 0.315 e. The molecule has 0 saturated heterocycles. The lowest BCUT2D eigenvalue weighted by Gasteiger charge is -2.22. The molecule has 3 N–H and O–H groups in total. The highest BCUT2D eigenvalue weighted by Crippen LogP contribution is 2.24. The average molecular weight is 228 g/mol. The van der Waals surface area contributed by atoms with E-state index in [1.54, 1.807) is 0 Å². The minimum Gasteiger partial charge on any atom is -0.396 e. The van der Waals surface area contributed by atoms with Gasteiger partial charge in [0.1, 0.15) is 0 Å². The maximum Gasteiger partial charge on any atom is 0.315 e. The van der Waals surface area contributed by atoms with Crippen LogP contribution >= 0.6 is 0 Å². The SMILES string of the molecule is CC(CO)C(C)NC(=O)NC1CCCC1C. The molecular formula is C12H24N2O2. The Bertz CT molecular complexity index is 233. The van der Waals surface area contributed by atoms with E-state index in [4.69, 9.17) is 5.11 Å². The number of hydrogen-bond donors (Lipinski definition) is 3. The van der Waals surface area contributed by atoms with Crippen LogP contribution in [0.1, 0.15) is 40.0 Å². The predicted molar refractivity (Wildman–Crippen MR) is 64.2 cm³/mol. The lowest BCUT2D eigenvalue weighted by atomic mass is 10.1. The summed E-state index contributed by atoms with van der Waals surface area (Å²) in [6.07, 6.45) is 3.49. The van der Waals surface area contributed by atoms with Crippen LogP contribution in [-0.2, 0) is 0 Å². The summed E-state index contributed by atoms with van der Waals surface area (Å²) in [5.41, 5.74) is 0. The van der Waals surface area contributed by atoms with Crippen molar-refractivity contribution in [1.82, 2.24) is 10.6 Å². The van der Waals surface area contributed by atoms with E-state index < -0.39 is 0 Å². The van der Waals surface area contributed by atoms with Crippen molar-refractivity contribution in [2.45, 2.75) is 52.1 Å². The molecular weight excluding hydrogens is 204 g/mol. The topological polar surface area (TPSA) is 61.4 Å². The minimum absolute atomic E-state index is 0.00158. The van der Waals surface area contributed by atoms with Crippen LogP contribution in [0, 0.1) is 11.8 Å². The molecule has 1 fully saturated rings. The molecule has 4 heteroatoms. The number of carbonyl (C=O) groups excluding carboxylic acids is 1. The molecule has 0 aromatic heterocycles. The Labute approximate surface area is 97.8 Å². The molecule has 0 bridgehead atoms. The Kier molecular flexibility index (Phi) is 5.06. The maximum atomic E-state index is 11.7. The van der Waals surface area contributed by atoms with E-state index in [0.717, 1.165) is 6.42 Å². The fourth-order valence-electron chi connectivity index (χ4n) is 2.08. The van der Waals surface area contributed by atoms with Gasteiger partial charge in [0, 0.05) is 18.7 Å². The lowest BCUT2D eigenvalue weighted by molar-refractivity contribution is 0.198. The first-order valence-electron chi connectivity index (χ1n) is 6.22. The summed E-state index contributed by atoms with van der Waals surface area (Å²) in [4.78, 5) is 11.7. The Morgan fingerprint density at radius 2 is 2.12 bits per heavy atom. The number of amides is 2. The van der Waals surface area contributed by atoms with Crippen LogP contribution in [0.25, 0.3) is 0 Å². The molecule has 2 amide bonds. The van der Waals surface area contributed by atoms with Crippen molar-refractivity contribution < 1.29 is 9.90 Å². The molecule has 1 rings (SSSR count). The van der Waals surface area contributed by atoms with Crippen molar-refractivity contribution in [3.8, 4) is 0 Å². The minimum atomic E-state index is -0.105. The second-order valence-electron chi connectivity index (χ2n) is 5.08. The van der Waals surface area contributed by atoms with Gasteiger partial charge in [0.05, 0.1) is 0 Å². The molecule has 1 saturated carbocycles. The zero-order valence-electron chi connectivity index (χ0n) is 10.5. The van der Waals surface area contributed by atoms with Crippen LogP contribution in [0.15, 0.2) is 0 Å². The molecule has 4 unspecified atom stereocenters. The van der Waals surface area contributed by atoms with Gasteiger partial charge in [-0.2, -0.15) is 0 Å². The first-order chi connectivity index (χ1) is 7.54. The largest absolute Gasteiger partial charge is 0.396 e. The summed E-state index contributed by atoms with van der Waals surface area (Å²) in [6, 6.07) is 0.213. The number of rotatable bonds is 4. The third kappa shape index (κ3) is 3.67. The van der Waals surface area contributed by atoms with Crippen LogP contribution in [-0.4, -0.2) is 29.8 Å². The Morgan fingerprint density at radius 3 is 2.62 bits per heavy atom. The van der Waals surface area contributed by atoms with Gasteiger partial charge in [-0.15, -0.1) is 0 Å². The monoisotopic (exact) mass is 228 g/mol. The molecule has 0 aliphatic heterocycles. The van der Waals surface area contributed by atoms with Crippen molar-refractivity contribution in [3.63, 3.8) is 0 Å². The van der Waals surface area contributed by atoms with Crippen molar-refractivity contribution in [1.29, 1.82) is 0 Å². The summed E-state index contributed by atoms with van der Waals surface area (Å²) in [5, 5.41) is 14.8. The van der Waals surface area contributed by atoms with Crippen LogP contribution in [0.2, 0.25) is 0 Å². The highest BCUT2D eigenvalue weighted by molar-refractivity contribution is 5.74. The zero-order chi connectivity index (χ0) is 12.1. The van der Waals surface area contributed by atoms with Crippen molar-refractivity contribution in [3.05, 3.63) is 0 Å². The molecule has 4 nitrogen and oxygen atoms in total. The molecule has 4 atom stereocenters. The van der Waals surface area contributed by atoms with Crippen LogP contribution in [0.3, 0.4) is 0 Å². The van der Waals surface area contributed by atoms with E-state index in [2.05, 4.69) is 17.6 Å². The summed E-state index contributed by atoms with van der Waals surface area (Å²) in [6.45, 7) is 6.11. The van der Waals surface area contributed by atoms with Crippen LogP contribution in [0.4, 0.5) is 4.79 Å². The molecule has 1 aliphatic carbocycles. The summed E-state index contributed by atoms with van der Waals surface area (Å²) in [5.74, 6) is 0.670. The van der Waals surface area contributed by atoms with Gasteiger partial charge in [0.15, 0.2) is 0 Å². The predicted octanol–water partition coefficient (Wildman–Crippen LogP) is 1.49. The number of nitrogens with one attached hydrogen (secondary N) is 2. The first-order valence-corrected chi connectivity index (χ1v) is 6.22.